The minimum atomic E-state index is -0.236. The van der Waals surface area contributed by atoms with Crippen LogP contribution in [-0.4, -0.2) is 30.1 Å². The number of nitrogens with one attached hydrogen (secondary N) is 2. The van der Waals surface area contributed by atoms with Gasteiger partial charge in [0.2, 0.25) is 0 Å². The molecule has 1 amide bonds. The van der Waals surface area contributed by atoms with Crippen LogP contribution in [0.3, 0.4) is 0 Å². The number of benzene rings is 1. The summed E-state index contributed by atoms with van der Waals surface area (Å²) in [6, 6.07) is 12.4. The lowest BCUT2D eigenvalue weighted by atomic mass is 10.2. The number of methoxy groups -OCH3 is 2. The molecule has 1 aromatic carbocycles. The van der Waals surface area contributed by atoms with E-state index in [2.05, 4.69) is 20.6 Å². The van der Waals surface area contributed by atoms with Crippen LogP contribution in [0.4, 0.5) is 17.2 Å². The molecule has 0 saturated heterocycles. The summed E-state index contributed by atoms with van der Waals surface area (Å²) in [7, 11) is 3.17. The smallest absolute Gasteiger partial charge is 0.257 e. The molecule has 132 valence electrons. The Kier molecular flexibility index (Phi) is 5.28. The van der Waals surface area contributed by atoms with Crippen LogP contribution in [0.2, 0.25) is 0 Å². The van der Waals surface area contributed by atoms with Crippen molar-refractivity contribution in [3.05, 3.63) is 66.6 Å². The molecular formula is C19H18N4O3. The third-order valence-electron chi connectivity index (χ3n) is 3.60. The fourth-order valence-corrected chi connectivity index (χ4v) is 2.30. The van der Waals surface area contributed by atoms with Gasteiger partial charge >= 0.3 is 0 Å². The standard InChI is InChI=1S/C19H18N4O3/c1-25-16-7-5-14(10-17(16)26-2)22-18-8-6-15(12-21-18)23-19(24)13-4-3-9-20-11-13/h3-12H,1-2H3,(H,21,22)(H,23,24). The Morgan fingerprint density at radius 2 is 1.77 bits per heavy atom. The van der Waals surface area contributed by atoms with Gasteiger partial charge in [0, 0.05) is 24.1 Å². The average molecular weight is 350 g/mol. The number of nitrogens with zero attached hydrogens (tertiary/aromatic N) is 2. The summed E-state index contributed by atoms with van der Waals surface area (Å²) in [4.78, 5) is 20.3. The Hall–Kier alpha value is -3.61. The van der Waals surface area contributed by atoms with Crippen molar-refractivity contribution in [2.24, 2.45) is 0 Å². The van der Waals surface area contributed by atoms with Crippen LogP contribution in [-0.2, 0) is 0 Å². The highest BCUT2D eigenvalue weighted by Gasteiger charge is 2.07. The molecule has 0 fully saturated rings. The zero-order valence-corrected chi connectivity index (χ0v) is 14.4. The SMILES string of the molecule is COc1ccc(Nc2ccc(NC(=O)c3cccnc3)cn2)cc1OC. The van der Waals surface area contributed by atoms with Gasteiger partial charge < -0.3 is 20.1 Å². The lowest BCUT2D eigenvalue weighted by Gasteiger charge is -2.11. The first-order chi connectivity index (χ1) is 12.7. The summed E-state index contributed by atoms with van der Waals surface area (Å²) >= 11 is 0. The van der Waals surface area contributed by atoms with Crippen LogP contribution in [0.15, 0.2) is 61.1 Å². The molecule has 3 aromatic rings. The summed E-state index contributed by atoms with van der Waals surface area (Å²) in [6.45, 7) is 0. The number of aromatic nitrogens is 2. The van der Waals surface area contributed by atoms with Gasteiger partial charge in [0.25, 0.3) is 5.91 Å². The maximum Gasteiger partial charge on any atom is 0.257 e. The third-order valence-corrected chi connectivity index (χ3v) is 3.60. The van der Waals surface area contributed by atoms with Crippen molar-refractivity contribution in [2.45, 2.75) is 0 Å². The Bertz CT molecular complexity index is 883. The van der Waals surface area contributed by atoms with E-state index in [4.69, 9.17) is 9.47 Å². The molecule has 0 radical (unpaired) electrons. The lowest BCUT2D eigenvalue weighted by Crippen LogP contribution is -2.12. The molecule has 2 heterocycles. The first-order valence-electron chi connectivity index (χ1n) is 7.86. The molecule has 2 aromatic heterocycles. The second-order valence-electron chi connectivity index (χ2n) is 5.32. The fourth-order valence-electron chi connectivity index (χ4n) is 2.30. The first kappa shape index (κ1) is 17.2. The van der Waals surface area contributed by atoms with E-state index in [1.54, 1.807) is 50.9 Å². The van der Waals surface area contributed by atoms with Crippen LogP contribution in [0.1, 0.15) is 10.4 Å². The van der Waals surface area contributed by atoms with Crippen molar-refractivity contribution >= 4 is 23.1 Å². The number of ether oxygens (including phenoxy) is 2. The number of pyridine rings is 2. The van der Waals surface area contributed by atoms with Crippen molar-refractivity contribution in [3.63, 3.8) is 0 Å². The van der Waals surface area contributed by atoms with Crippen molar-refractivity contribution < 1.29 is 14.3 Å². The molecule has 0 aliphatic heterocycles. The van der Waals surface area contributed by atoms with Gasteiger partial charge in [-0.1, -0.05) is 0 Å². The van der Waals surface area contributed by atoms with Gasteiger partial charge in [-0.25, -0.2) is 4.98 Å². The summed E-state index contributed by atoms with van der Waals surface area (Å²) in [5.41, 5.74) is 1.89. The number of amides is 1. The monoisotopic (exact) mass is 350 g/mol. The van der Waals surface area contributed by atoms with E-state index in [0.717, 1.165) is 5.69 Å². The summed E-state index contributed by atoms with van der Waals surface area (Å²) in [6.07, 6.45) is 4.71. The van der Waals surface area contributed by atoms with Crippen LogP contribution < -0.4 is 20.1 Å². The van der Waals surface area contributed by atoms with Gasteiger partial charge in [-0.05, 0) is 36.4 Å². The molecule has 7 nitrogen and oxygen atoms in total. The highest BCUT2D eigenvalue weighted by atomic mass is 16.5. The zero-order chi connectivity index (χ0) is 18.4. The Morgan fingerprint density at radius 3 is 2.42 bits per heavy atom. The minimum Gasteiger partial charge on any atom is -0.493 e. The third kappa shape index (κ3) is 4.07. The number of carbonyl (C=O) groups is 1. The van der Waals surface area contributed by atoms with Crippen molar-refractivity contribution in [3.8, 4) is 11.5 Å². The average Bonchev–Trinajstić information content (AvgIpc) is 2.70. The predicted octanol–water partition coefficient (Wildman–Crippen LogP) is 3.49. The van der Waals surface area contributed by atoms with Gasteiger partial charge in [-0.15, -0.1) is 0 Å². The molecule has 0 atom stereocenters. The summed E-state index contributed by atoms with van der Waals surface area (Å²) in [5.74, 6) is 1.68. The predicted molar refractivity (Wildman–Crippen MR) is 99.3 cm³/mol. The van der Waals surface area contributed by atoms with Gasteiger partial charge in [0.15, 0.2) is 11.5 Å². The highest BCUT2D eigenvalue weighted by molar-refractivity contribution is 6.03. The Balaban J connectivity index is 1.67. The highest BCUT2D eigenvalue weighted by Crippen LogP contribution is 2.30. The van der Waals surface area contributed by atoms with Gasteiger partial charge in [-0.3, -0.25) is 9.78 Å². The molecule has 3 rings (SSSR count). The molecule has 0 aliphatic carbocycles. The lowest BCUT2D eigenvalue weighted by molar-refractivity contribution is 0.102. The summed E-state index contributed by atoms with van der Waals surface area (Å²) in [5, 5.41) is 5.95. The quantitative estimate of drug-likeness (QED) is 0.708. The van der Waals surface area contributed by atoms with Gasteiger partial charge in [0.1, 0.15) is 5.82 Å². The number of hydrogen-bond acceptors (Lipinski definition) is 6. The number of hydrogen-bond donors (Lipinski definition) is 2. The van der Waals surface area contributed by atoms with E-state index in [1.165, 1.54) is 6.20 Å². The second-order valence-corrected chi connectivity index (χ2v) is 5.32. The number of anilines is 3. The van der Waals surface area contributed by atoms with Crippen LogP contribution in [0, 0.1) is 0 Å². The first-order valence-corrected chi connectivity index (χ1v) is 7.86. The Morgan fingerprint density at radius 1 is 0.962 bits per heavy atom. The molecule has 26 heavy (non-hydrogen) atoms. The Labute approximate surface area is 151 Å². The topological polar surface area (TPSA) is 85.4 Å². The molecule has 0 unspecified atom stereocenters. The van der Waals surface area contributed by atoms with Crippen molar-refractivity contribution in [1.82, 2.24) is 9.97 Å². The molecule has 2 N–H and O–H groups in total. The normalized spacial score (nSPS) is 10.1. The van der Waals surface area contributed by atoms with E-state index >= 15 is 0 Å². The zero-order valence-electron chi connectivity index (χ0n) is 14.4. The summed E-state index contributed by atoms with van der Waals surface area (Å²) < 4.78 is 10.5. The van der Waals surface area contributed by atoms with E-state index in [-0.39, 0.29) is 5.91 Å². The molecule has 0 saturated carbocycles. The van der Waals surface area contributed by atoms with E-state index in [1.807, 2.05) is 18.2 Å². The van der Waals surface area contributed by atoms with Crippen molar-refractivity contribution in [1.29, 1.82) is 0 Å². The fraction of sp³-hybridized carbons (Fsp3) is 0.105. The molecular weight excluding hydrogens is 332 g/mol. The largest absolute Gasteiger partial charge is 0.493 e. The maximum atomic E-state index is 12.1. The minimum absolute atomic E-state index is 0.236. The molecule has 0 aliphatic rings. The van der Waals surface area contributed by atoms with E-state index in [9.17, 15) is 4.79 Å². The second kappa shape index (κ2) is 7.98. The van der Waals surface area contributed by atoms with E-state index < -0.39 is 0 Å². The van der Waals surface area contributed by atoms with Crippen LogP contribution in [0.25, 0.3) is 0 Å². The van der Waals surface area contributed by atoms with E-state index in [0.29, 0.717) is 28.6 Å². The van der Waals surface area contributed by atoms with Gasteiger partial charge in [0.05, 0.1) is 31.7 Å². The molecule has 0 spiro atoms. The van der Waals surface area contributed by atoms with Crippen molar-refractivity contribution in [2.75, 3.05) is 24.9 Å². The molecule has 0 bridgehead atoms. The molecule has 7 heteroatoms. The number of carbonyl (C=O) groups excluding carboxylic acids is 1. The van der Waals surface area contributed by atoms with Gasteiger partial charge in [-0.2, -0.15) is 0 Å². The number of rotatable bonds is 6. The van der Waals surface area contributed by atoms with Crippen LogP contribution in [0.5, 0.6) is 11.5 Å². The van der Waals surface area contributed by atoms with Crippen LogP contribution >= 0.6 is 0 Å². The maximum absolute atomic E-state index is 12.1.